The Hall–Kier alpha value is -3.45. The van der Waals surface area contributed by atoms with Gasteiger partial charge in [0.1, 0.15) is 11.2 Å². The van der Waals surface area contributed by atoms with E-state index in [4.69, 9.17) is 4.74 Å². The minimum atomic E-state index is -0.244. The Bertz CT molecular complexity index is 1170. The predicted molar refractivity (Wildman–Crippen MR) is 122 cm³/mol. The van der Waals surface area contributed by atoms with Gasteiger partial charge in [-0.1, -0.05) is 29.8 Å². The van der Waals surface area contributed by atoms with Crippen molar-refractivity contribution >= 4 is 38.8 Å². The first-order valence-electron chi connectivity index (χ1n) is 9.50. The average Bonchev–Trinajstić information content (AvgIpc) is 3.18. The normalized spacial score (nSPS) is 10.8. The Morgan fingerprint density at radius 1 is 1.07 bits per heavy atom. The second-order valence-corrected chi connectivity index (χ2v) is 8.01. The van der Waals surface area contributed by atoms with Gasteiger partial charge in [0.15, 0.2) is 6.61 Å². The number of thiophene rings is 1. The van der Waals surface area contributed by atoms with E-state index >= 15 is 0 Å². The molecule has 0 atom stereocenters. The van der Waals surface area contributed by atoms with Gasteiger partial charge in [0, 0.05) is 36.4 Å². The summed E-state index contributed by atoms with van der Waals surface area (Å²) in [6.07, 6.45) is 1.46. The van der Waals surface area contributed by atoms with Gasteiger partial charge in [-0.05, 0) is 36.8 Å². The summed E-state index contributed by atoms with van der Waals surface area (Å²) >= 11 is 1.53. The second kappa shape index (κ2) is 8.51. The molecule has 0 aliphatic carbocycles. The smallest absolute Gasteiger partial charge is 0.262 e. The fraction of sp³-hybridized carbons (Fsp3) is 0.174. The lowest BCUT2D eigenvalue weighted by Crippen LogP contribution is -2.20. The van der Waals surface area contributed by atoms with E-state index < -0.39 is 0 Å². The first-order chi connectivity index (χ1) is 14.5. The molecule has 0 saturated heterocycles. The molecule has 0 radical (unpaired) electrons. The molecule has 0 aliphatic rings. The van der Waals surface area contributed by atoms with Gasteiger partial charge in [-0.15, -0.1) is 11.3 Å². The SMILES string of the molecule is Cc1ccc(-c2csc3ncnc(OCC(=O)Nc4ccc(N(C)C)cc4)c23)cc1. The minimum Gasteiger partial charge on any atom is -0.467 e. The van der Waals surface area contributed by atoms with Crippen LogP contribution in [0.25, 0.3) is 21.3 Å². The Morgan fingerprint density at radius 2 is 1.80 bits per heavy atom. The van der Waals surface area contributed by atoms with E-state index in [1.165, 1.54) is 23.2 Å². The van der Waals surface area contributed by atoms with Crippen LogP contribution in [0.3, 0.4) is 0 Å². The number of rotatable bonds is 6. The molecule has 6 nitrogen and oxygen atoms in total. The van der Waals surface area contributed by atoms with Crippen molar-refractivity contribution in [3.05, 3.63) is 65.8 Å². The van der Waals surface area contributed by atoms with Crippen LogP contribution in [0.2, 0.25) is 0 Å². The molecule has 30 heavy (non-hydrogen) atoms. The van der Waals surface area contributed by atoms with E-state index in [1.54, 1.807) is 0 Å². The number of nitrogens with zero attached hydrogens (tertiary/aromatic N) is 3. The lowest BCUT2D eigenvalue weighted by Gasteiger charge is -2.13. The number of fused-ring (bicyclic) bond motifs is 1. The third-order valence-corrected chi connectivity index (χ3v) is 5.59. The van der Waals surface area contributed by atoms with E-state index in [-0.39, 0.29) is 12.5 Å². The summed E-state index contributed by atoms with van der Waals surface area (Å²) in [6.45, 7) is 1.92. The van der Waals surface area contributed by atoms with Gasteiger partial charge in [0.2, 0.25) is 5.88 Å². The fourth-order valence-electron chi connectivity index (χ4n) is 3.08. The van der Waals surface area contributed by atoms with Crippen LogP contribution in [0.15, 0.2) is 60.2 Å². The third-order valence-electron chi connectivity index (χ3n) is 4.71. The summed E-state index contributed by atoms with van der Waals surface area (Å²) in [5, 5.41) is 5.72. The predicted octanol–water partition coefficient (Wildman–Crippen LogP) is 4.75. The molecule has 0 bridgehead atoms. The Balaban J connectivity index is 1.50. The highest BCUT2D eigenvalue weighted by atomic mass is 32.1. The zero-order valence-electron chi connectivity index (χ0n) is 17.0. The van der Waals surface area contributed by atoms with Crippen LogP contribution in [0.1, 0.15) is 5.56 Å². The largest absolute Gasteiger partial charge is 0.467 e. The molecule has 1 N–H and O–H groups in total. The highest BCUT2D eigenvalue weighted by molar-refractivity contribution is 7.17. The number of hydrogen-bond acceptors (Lipinski definition) is 6. The second-order valence-electron chi connectivity index (χ2n) is 7.15. The van der Waals surface area contributed by atoms with Gasteiger partial charge in [-0.2, -0.15) is 0 Å². The molecule has 2 aromatic carbocycles. The molecule has 0 saturated carbocycles. The number of hydrogen-bond donors (Lipinski definition) is 1. The zero-order chi connectivity index (χ0) is 21.1. The van der Waals surface area contributed by atoms with E-state index in [0.717, 1.165) is 32.7 Å². The van der Waals surface area contributed by atoms with E-state index in [0.29, 0.717) is 5.88 Å². The summed E-state index contributed by atoms with van der Waals surface area (Å²) in [5.41, 5.74) is 5.05. The van der Waals surface area contributed by atoms with Crippen molar-refractivity contribution in [1.29, 1.82) is 0 Å². The summed E-state index contributed by atoms with van der Waals surface area (Å²) in [5.74, 6) is 0.168. The number of ether oxygens (including phenoxy) is 1. The van der Waals surface area contributed by atoms with Gasteiger partial charge in [-0.25, -0.2) is 9.97 Å². The Labute approximate surface area is 179 Å². The minimum absolute atomic E-state index is 0.134. The number of benzene rings is 2. The molecule has 2 heterocycles. The van der Waals surface area contributed by atoms with Crippen molar-refractivity contribution < 1.29 is 9.53 Å². The van der Waals surface area contributed by atoms with Crippen LogP contribution in [0, 0.1) is 6.92 Å². The van der Waals surface area contributed by atoms with Crippen molar-refractivity contribution in [3.63, 3.8) is 0 Å². The summed E-state index contributed by atoms with van der Waals surface area (Å²) in [7, 11) is 3.94. The monoisotopic (exact) mass is 418 g/mol. The fourth-order valence-corrected chi connectivity index (χ4v) is 3.98. The van der Waals surface area contributed by atoms with Crippen LogP contribution in [-0.2, 0) is 4.79 Å². The number of aromatic nitrogens is 2. The average molecular weight is 419 g/mol. The maximum absolute atomic E-state index is 12.4. The van der Waals surface area contributed by atoms with Gasteiger partial charge in [0.05, 0.1) is 5.39 Å². The van der Waals surface area contributed by atoms with E-state index in [1.807, 2.05) is 48.6 Å². The van der Waals surface area contributed by atoms with Crippen LogP contribution in [-0.4, -0.2) is 36.6 Å². The van der Waals surface area contributed by atoms with E-state index in [9.17, 15) is 4.79 Å². The van der Waals surface area contributed by atoms with Crippen molar-refractivity contribution in [1.82, 2.24) is 9.97 Å². The number of carbonyl (C=O) groups excluding carboxylic acids is 1. The van der Waals surface area contributed by atoms with Crippen LogP contribution >= 0.6 is 11.3 Å². The molecule has 0 fully saturated rings. The third kappa shape index (κ3) is 4.26. The van der Waals surface area contributed by atoms with Crippen molar-refractivity contribution in [2.45, 2.75) is 6.92 Å². The molecule has 152 valence electrons. The summed E-state index contributed by atoms with van der Waals surface area (Å²) in [6, 6.07) is 15.9. The van der Waals surface area contributed by atoms with Crippen molar-refractivity contribution in [3.8, 4) is 17.0 Å². The summed E-state index contributed by atoms with van der Waals surface area (Å²) < 4.78 is 5.79. The van der Waals surface area contributed by atoms with Gasteiger partial charge in [-0.3, -0.25) is 4.79 Å². The molecule has 1 amide bonds. The maximum atomic E-state index is 12.4. The highest BCUT2D eigenvalue weighted by Gasteiger charge is 2.15. The molecule has 0 aliphatic heterocycles. The Kier molecular flexibility index (Phi) is 5.63. The Morgan fingerprint density at radius 3 is 2.50 bits per heavy atom. The molecular weight excluding hydrogens is 396 g/mol. The number of aryl methyl sites for hydroxylation is 1. The molecule has 7 heteroatoms. The molecule has 0 spiro atoms. The maximum Gasteiger partial charge on any atom is 0.262 e. The lowest BCUT2D eigenvalue weighted by atomic mass is 10.0. The highest BCUT2D eigenvalue weighted by Crippen LogP contribution is 2.37. The molecule has 0 unspecified atom stereocenters. The summed E-state index contributed by atoms with van der Waals surface area (Å²) in [4.78, 5) is 23.8. The van der Waals surface area contributed by atoms with Gasteiger partial charge < -0.3 is 15.0 Å². The van der Waals surface area contributed by atoms with Crippen LogP contribution in [0.5, 0.6) is 5.88 Å². The number of carbonyl (C=O) groups is 1. The molecule has 4 aromatic rings. The number of nitrogens with one attached hydrogen (secondary N) is 1. The van der Waals surface area contributed by atoms with Gasteiger partial charge in [0.25, 0.3) is 5.91 Å². The number of anilines is 2. The van der Waals surface area contributed by atoms with Crippen molar-refractivity contribution in [2.24, 2.45) is 0 Å². The van der Waals surface area contributed by atoms with Crippen molar-refractivity contribution in [2.75, 3.05) is 30.9 Å². The first-order valence-corrected chi connectivity index (χ1v) is 10.4. The van der Waals surface area contributed by atoms with Crippen LogP contribution in [0.4, 0.5) is 11.4 Å². The lowest BCUT2D eigenvalue weighted by molar-refractivity contribution is -0.118. The quantitative estimate of drug-likeness (QED) is 0.489. The topological polar surface area (TPSA) is 67.3 Å². The molecule has 4 rings (SSSR count). The van der Waals surface area contributed by atoms with Crippen LogP contribution < -0.4 is 15.0 Å². The van der Waals surface area contributed by atoms with Gasteiger partial charge >= 0.3 is 0 Å². The number of amides is 1. The first kappa shape index (κ1) is 19.8. The molecule has 2 aromatic heterocycles. The zero-order valence-corrected chi connectivity index (χ0v) is 17.9. The molecular formula is C23H22N4O2S. The van der Waals surface area contributed by atoms with E-state index in [2.05, 4.69) is 46.5 Å². The standard InChI is InChI=1S/C23H22N4O2S/c1-15-4-6-16(7-5-15)19-13-30-23-21(19)22(24-14-25-23)29-12-20(28)26-17-8-10-18(11-9-17)27(2)3/h4-11,13-14H,12H2,1-3H3,(H,26,28).